The lowest BCUT2D eigenvalue weighted by molar-refractivity contribution is 0.236. The minimum atomic E-state index is -0.174. The molecule has 4 rings (SSSR count). The van der Waals surface area contributed by atoms with Gasteiger partial charge in [0, 0.05) is 19.5 Å². The lowest BCUT2D eigenvalue weighted by atomic mass is 10.1. The molecule has 1 fully saturated rings. The largest absolute Gasteiger partial charge is 0.334 e. The monoisotopic (exact) mass is 339 g/mol. The lowest BCUT2D eigenvalue weighted by Gasteiger charge is -2.19. The van der Waals surface area contributed by atoms with Crippen LogP contribution in [0, 0.1) is 0 Å². The van der Waals surface area contributed by atoms with Gasteiger partial charge >= 0.3 is 6.03 Å². The molecule has 0 bridgehead atoms. The number of amides is 2. The van der Waals surface area contributed by atoms with E-state index in [2.05, 4.69) is 49.7 Å². The number of fused-ring (bicyclic) bond motifs is 1. The molecule has 1 atom stereocenters. The highest BCUT2D eigenvalue weighted by Crippen LogP contribution is 2.39. The SMILES string of the molecule is C[C@H](NC(=O)NCc1ccc(C2CC2)cc1)c1nnc2n1CCCC2. The number of aromatic nitrogens is 3. The van der Waals surface area contributed by atoms with Gasteiger partial charge in [-0.3, -0.25) is 0 Å². The highest BCUT2D eigenvalue weighted by Gasteiger charge is 2.23. The summed E-state index contributed by atoms with van der Waals surface area (Å²) in [6.45, 7) is 3.43. The summed E-state index contributed by atoms with van der Waals surface area (Å²) in [5.41, 5.74) is 2.53. The molecule has 1 aromatic heterocycles. The molecule has 2 aromatic rings. The second kappa shape index (κ2) is 6.86. The Morgan fingerprint density at radius 3 is 2.80 bits per heavy atom. The zero-order valence-electron chi connectivity index (χ0n) is 14.7. The number of rotatable bonds is 5. The molecule has 132 valence electrons. The fourth-order valence-corrected chi connectivity index (χ4v) is 3.47. The van der Waals surface area contributed by atoms with Crippen LogP contribution in [-0.4, -0.2) is 20.8 Å². The van der Waals surface area contributed by atoms with Gasteiger partial charge in [0.1, 0.15) is 5.82 Å². The number of carbonyl (C=O) groups is 1. The molecule has 1 aliphatic heterocycles. The van der Waals surface area contributed by atoms with Crippen LogP contribution in [0.15, 0.2) is 24.3 Å². The van der Waals surface area contributed by atoms with Crippen LogP contribution in [0.25, 0.3) is 0 Å². The van der Waals surface area contributed by atoms with E-state index in [4.69, 9.17) is 0 Å². The van der Waals surface area contributed by atoms with Crippen molar-refractivity contribution in [1.82, 2.24) is 25.4 Å². The van der Waals surface area contributed by atoms with Crippen LogP contribution < -0.4 is 10.6 Å². The Bertz CT molecular complexity index is 748. The van der Waals surface area contributed by atoms with Crippen molar-refractivity contribution >= 4 is 6.03 Å². The van der Waals surface area contributed by atoms with Gasteiger partial charge in [0.05, 0.1) is 6.04 Å². The molecular weight excluding hydrogens is 314 g/mol. The summed E-state index contributed by atoms with van der Waals surface area (Å²) in [6.07, 6.45) is 5.91. The summed E-state index contributed by atoms with van der Waals surface area (Å²) in [5.74, 6) is 2.64. The number of carbonyl (C=O) groups excluding carboxylic acids is 1. The molecule has 0 radical (unpaired) electrons. The van der Waals surface area contributed by atoms with Crippen molar-refractivity contribution in [1.29, 1.82) is 0 Å². The zero-order valence-corrected chi connectivity index (χ0v) is 14.7. The fraction of sp³-hybridized carbons (Fsp3) is 0.526. The fourth-order valence-electron chi connectivity index (χ4n) is 3.47. The minimum Gasteiger partial charge on any atom is -0.334 e. The average Bonchev–Trinajstić information content (AvgIpc) is 3.39. The van der Waals surface area contributed by atoms with Gasteiger partial charge in [-0.2, -0.15) is 0 Å². The number of aryl methyl sites for hydroxylation is 1. The normalized spacial score (nSPS) is 17.6. The maximum Gasteiger partial charge on any atom is 0.315 e. The number of hydrogen-bond donors (Lipinski definition) is 2. The predicted octanol–water partition coefficient (Wildman–Crippen LogP) is 3.05. The predicted molar refractivity (Wildman–Crippen MR) is 95.2 cm³/mol. The van der Waals surface area contributed by atoms with Crippen LogP contribution in [0.4, 0.5) is 4.79 Å². The van der Waals surface area contributed by atoms with Crippen molar-refractivity contribution in [2.75, 3.05) is 0 Å². The van der Waals surface area contributed by atoms with Crippen molar-refractivity contribution < 1.29 is 4.79 Å². The molecule has 6 nitrogen and oxygen atoms in total. The first-order chi connectivity index (χ1) is 12.2. The van der Waals surface area contributed by atoms with E-state index in [1.807, 2.05) is 6.92 Å². The first kappa shape index (κ1) is 16.1. The van der Waals surface area contributed by atoms with Gasteiger partial charge in [-0.1, -0.05) is 24.3 Å². The number of hydrogen-bond acceptors (Lipinski definition) is 3. The number of urea groups is 1. The number of nitrogens with zero attached hydrogens (tertiary/aromatic N) is 3. The summed E-state index contributed by atoms with van der Waals surface area (Å²) < 4.78 is 2.14. The van der Waals surface area contributed by atoms with Crippen molar-refractivity contribution in [2.24, 2.45) is 0 Å². The Morgan fingerprint density at radius 2 is 2.04 bits per heavy atom. The molecule has 1 aromatic carbocycles. The molecule has 2 aliphatic rings. The summed E-state index contributed by atoms with van der Waals surface area (Å²) in [4.78, 5) is 12.2. The maximum absolute atomic E-state index is 12.2. The Morgan fingerprint density at radius 1 is 1.24 bits per heavy atom. The molecule has 6 heteroatoms. The van der Waals surface area contributed by atoms with Crippen molar-refractivity contribution in [2.45, 2.75) is 64.1 Å². The minimum absolute atomic E-state index is 0.156. The van der Waals surface area contributed by atoms with Crippen LogP contribution in [0.1, 0.15) is 67.3 Å². The van der Waals surface area contributed by atoms with Crippen LogP contribution in [-0.2, 0) is 19.5 Å². The first-order valence-corrected chi connectivity index (χ1v) is 9.26. The standard InChI is InChI=1S/C19H25N5O/c1-13(18-23-22-17-4-2-3-11-24(17)18)21-19(25)20-12-14-5-7-15(8-6-14)16-9-10-16/h5-8,13,16H,2-4,9-12H2,1H3,(H2,20,21,25)/t13-/m0/s1. The lowest BCUT2D eigenvalue weighted by Crippen LogP contribution is -2.37. The number of nitrogens with one attached hydrogen (secondary N) is 2. The molecule has 2 heterocycles. The van der Waals surface area contributed by atoms with E-state index in [0.29, 0.717) is 6.54 Å². The Labute approximate surface area is 148 Å². The molecule has 25 heavy (non-hydrogen) atoms. The van der Waals surface area contributed by atoms with E-state index in [-0.39, 0.29) is 12.1 Å². The van der Waals surface area contributed by atoms with Gasteiger partial charge in [-0.25, -0.2) is 4.79 Å². The third kappa shape index (κ3) is 3.67. The molecule has 0 unspecified atom stereocenters. The van der Waals surface area contributed by atoms with Gasteiger partial charge in [-0.15, -0.1) is 10.2 Å². The van der Waals surface area contributed by atoms with Gasteiger partial charge < -0.3 is 15.2 Å². The third-order valence-corrected chi connectivity index (χ3v) is 5.10. The van der Waals surface area contributed by atoms with E-state index in [0.717, 1.165) is 42.5 Å². The van der Waals surface area contributed by atoms with Gasteiger partial charge in [0.15, 0.2) is 5.82 Å². The van der Waals surface area contributed by atoms with Crippen molar-refractivity contribution in [3.05, 3.63) is 47.0 Å². The van der Waals surface area contributed by atoms with Gasteiger partial charge in [-0.05, 0) is 49.7 Å². The molecule has 1 saturated carbocycles. The first-order valence-electron chi connectivity index (χ1n) is 9.26. The second-order valence-electron chi connectivity index (χ2n) is 7.15. The summed E-state index contributed by atoms with van der Waals surface area (Å²) in [5, 5.41) is 14.4. The highest BCUT2D eigenvalue weighted by atomic mass is 16.2. The third-order valence-electron chi connectivity index (χ3n) is 5.10. The Hall–Kier alpha value is -2.37. The summed E-state index contributed by atoms with van der Waals surface area (Å²) in [6, 6.07) is 8.23. The molecular formula is C19H25N5O. The smallest absolute Gasteiger partial charge is 0.315 e. The van der Waals surface area contributed by atoms with Crippen LogP contribution in [0.5, 0.6) is 0 Å². The van der Waals surface area contributed by atoms with E-state index < -0.39 is 0 Å². The van der Waals surface area contributed by atoms with Crippen molar-refractivity contribution in [3.63, 3.8) is 0 Å². The maximum atomic E-state index is 12.2. The summed E-state index contributed by atoms with van der Waals surface area (Å²) >= 11 is 0. The van der Waals surface area contributed by atoms with Crippen LogP contribution in [0.3, 0.4) is 0 Å². The zero-order chi connectivity index (χ0) is 17.2. The van der Waals surface area contributed by atoms with E-state index in [1.54, 1.807) is 0 Å². The Balaban J connectivity index is 1.30. The van der Waals surface area contributed by atoms with Crippen molar-refractivity contribution in [3.8, 4) is 0 Å². The van der Waals surface area contributed by atoms with Crippen LogP contribution >= 0.6 is 0 Å². The Kier molecular flexibility index (Phi) is 4.42. The summed E-state index contributed by atoms with van der Waals surface area (Å²) in [7, 11) is 0. The number of benzene rings is 1. The van der Waals surface area contributed by atoms with E-state index in [9.17, 15) is 4.79 Å². The molecule has 2 amide bonds. The topological polar surface area (TPSA) is 71.8 Å². The molecule has 0 saturated heterocycles. The average molecular weight is 339 g/mol. The quantitative estimate of drug-likeness (QED) is 0.879. The molecule has 1 aliphatic carbocycles. The second-order valence-corrected chi connectivity index (χ2v) is 7.15. The van der Waals surface area contributed by atoms with E-state index in [1.165, 1.54) is 24.8 Å². The van der Waals surface area contributed by atoms with Gasteiger partial charge in [0.25, 0.3) is 0 Å². The van der Waals surface area contributed by atoms with E-state index >= 15 is 0 Å². The highest BCUT2D eigenvalue weighted by molar-refractivity contribution is 5.74. The van der Waals surface area contributed by atoms with Crippen LogP contribution in [0.2, 0.25) is 0 Å². The van der Waals surface area contributed by atoms with Gasteiger partial charge in [0.2, 0.25) is 0 Å². The molecule has 0 spiro atoms. The molecule has 2 N–H and O–H groups in total.